The monoisotopic (exact) mass is 239 g/mol. The molecule has 0 amide bonds. The Kier molecular flexibility index (Phi) is 3.08. The number of aromatic amines is 1. The van der Waals surface area contributed by atoms with Crippen molar-refractivity contribution in [2.24, 2.45) is 5.92 Å². The standard InChI is InChI=1S/C10H13N3O4/c14-9-8(13(16)17)6-12(10(15)11-9)5-7-3-1-2-4-7/h6-7H,1-5H2,(H,11,14,15). The van der Waals surface area contributed by atoms with Crippen molar-refractivity contribution in [3.8, 4) is 0 Å². The fraction of sp³-hybridized carbons (Fsp3) is 0.600. The molecule has 1 N–H and O–H groups in total. The van der Waals surface area contributed by atoms with Crippen molar-refractivity contribution in [1.82, 2.24) is 9.55 Å². The highest BCUT2D eigenvalue weighted by atomic mass is 16.6. The molecule has 1 fully saturated rings. The molecule has 1 aromatic rings. The van der Waals surface area contributed by atoms with E-state index in [-0.39, 0.29) is 0 Å². The van der Waals surface area contributed by atoms with Gasteiger partial charge >= 0.3 is 16.9 Å². The van der Waals surface area contributed by atoms with Gasteiger partial charge < -0.3 is 0 Å². The lowest BCUT2D eigenvalue weighted by molar-refractivity contribution is -0.386. The molecular formula is C10H13N3O4. The van der Waals surface area contributed by atoms with E-state index in [4.69, 9.17) is 0 Å². The summed E-state index contributed by atoms with van der Waals surface area (Å²) in [4.78, 5) is 34.4. The molecule has 0 aromatic carbocycles. The molecule has 0 bridgehead atoms. The SMILES string of the molecule is O=c1[nH]c(=O)n(CC2CCCC2)cc1[N+](=O)[O-]. The largest absolute Gasteiger partial charge is 0.350 e. The highest BCUT2D eigenvalue weighted by Gasteiger charge is 2.19. The molecule has 7 heteroatoms. The van der Waals surface area contributed by atoms with E-state index in [1.807, 2.05) is 4.98 Å². The third-order valence-corrected chi connectivity index (χ3v) is 3.12. The molecule has 0 spiro atoms. The maximum Gasteiger partial charge on any atom is 0.350 e. The zero-order valence-electron chi connectivity index (χ0n) is 9.22. The molecule has 0 radical (unpaired) electrons. The van der Waals surface area contributed by atoms with Gasteiger partial charge in [-0.05, 0) is 18.8 Å². The summed E-state index contributed by atoms with van der Waals surface area (Å²) in [5, 5.41) is 10.6. The molecule has 2 rings (SSSR count). The zero-order chi connectivity index (χ0) is 12.4. The fourth-order valence-electron chi connectivity index (χ4n) is 2.23. The summed E-state index contributed by atoms with van der Waals surface area (Å²) < 4.78 is 1.23. The fourth-order valence-corrected chi connectivity index (χ4v) is 2.23. The van der Waals surface area contributed by atoms with Crippen molar-refractivity contribution in [1.29, 1.82) is 0 Å². The van der Waals surface area contributed by atoms with E-state index in [0.29, 0.717) is 12.5 Å². The molecule has 1 aromatic heterocycles. The van der Waals surface area contributed by atoms with Gasteiger partial charge in [-0.2, -0.15) is 0 Å². The van der Waals surface area contributed by atoms with Crippen molar-refractivity contribution >= 4 is 5.69 Å². The van der Waals surface area contributed by atoms with Crippen LogP contribution in [-0.2, 0) is 6.54 Å². The van der Waals surface area contributed by atoms with Crippen LogP contribution in [-0.4, -0.2) is 14.5 Å². The number of hydrogen-bond donors (Lipinski definition) is 1. The van der Waals surface area contributed by atoms with Crippen molar-refractivity contribution in [2.75, 3.05) is 0 Å². The number of nitrogens with one attached hydrogen (secondary N) is 1. The predicted molar refractivity (Wildman–Crippen MR) is 59.9 cm³/mol. The van der Waals surface area contributed by atoms with Gasteiger partial charge in [0.1, 0.15) is 0 Å². The van der Waals surface area contributed by atoms with Gasteiger partial charge in [-0.15, -0.1) is 0 Å². The summed E-state index contributed by atoms with van der Waals surface area (Å²) in [7, 11) is 0. The Labute approximate surface area is 96.2 Å². The van der Waals surface area contributed by atoms with Crippen LogP contribution in [0, 0.1) is 16.0 Å². The van der Waals surface area contributed by atoms with E-state index in [1.54, 1.807) is 0 Å². The minimum absolute atomic E-state index is 0.373. The van der Waals surface area contributed by atoms with Gasteiger partial charge in [0.2, 0.25) is 0 Å². The molecule has 17 heavy (non-hydrogen) atoms. The molecule has 0 saturated heterocycles. The number of nitro groups is 1. The average Bonchev–Trinajstić information content (AvgIpc) is 2.74. The van der Waals surface area contributed by atoms with Crippen molar-refractivity contribution in [2.45, 2.75) is 32.2 Å². The second kappa shape index (κ2) is 4.52. The maximum absolute atomic E-state index is 11.5. The summed E-state index contributed by atoms with van der Waals surface area (Å²) in [5.41, 5.74) is -2.10. The molecule has 1 heterocycles. The van der Waals surface area contributed by atoms with Gasteiger partial charge in [0.25, 0.3) is 0 Å². The van der Waals surface area contributed by atoms with Crippen LogP contribution < -0.4 is 11.2 Å². The van der Waals surface area contributed by atoms with Crippen molar-refractivity contribution in [3.63, 3.8) is 0 Å². The molecule has 92 valence electrons. The van der Waals surface area contributed by atoms with E-state index in [0.717, 1.165) is 31.9 Å². The Hall–Kier alpha value is -1.92. The smallest absolute Gasteiger partial charge is 0.293 e. The molecule has 0 atom stereocenters. The molecule has 0 unspecified atom stereocenters. The van der Waals surface area contributed by atoms with Crippen molar-refractivity contribution < 1.29 is 4.92 Å². The Morgan fingerprint density at radius 3 is 2.65 bits per heavy atom. The van der Waals surface area contributed by atoms with E-state index in [1.165, 1.54) is 4.57 Å². The lowest BCUT2D eigenvalue weighted by atomic mass is 10.1. The lowest BCUT2D eigenvalue weighted by Crippen LogP contribution is -2.32. The topological polar surface area (TPSA) is 98.0 Å². The molecule has 1 aliphatic rings. The van der Waals surface area contributed by atoms with Gasteiger partial charge in [-0.25, -0.2) is 4.79 Å². The Morgan fingerprint density at radius 1 is 1.41 bits per heavy atom. The zero-order valence-corrected chi connectivity index (χ0v) is 9.22. The van der Waals surface area contributed by atoms with Crippen LogP contribution >= 0.6 is 0 Å². The molecule has 1 aliphatic carbocycles. The number of rotatable bonds is 3. The van der Waals surface area contributed by atoms with E-state index >= 15 is 0 Å². The average molecular weight is 239 g/mol. The summed E-state index contributed by atoms with van der Waals surface area (Å²) in [6.45, 7) is 0.441. The first-order valence-corrected chi connectivity index (χ1v) is 5.56. The second-order valence-corrected chi connectivity index (χ2v) is 4.33. The minimum atomic E-state index is -0.942. The van der Waals surface area contributed by atoms with Crippen LogP contribution in [0.25, 0.3) is 0 Å². The Bertz CT molecular complexity index is 539. The number of H-pyrrole nitrogens is 1. The Balaban J connectivity index is 2.33. The van der Waals surface area contributed by atoms with Gasteiger partial charge in [0.15, 0.2) is 0 Å². The maximum atomic E-state index is 11.5. The highest BCUT2D eigenvalue weighted by Crippen LogP contribution is 2.25. The van der Waals surface area contributed by atoms with Crippen LogP contribution in [0.2, 0.25) is 0 Å². The second-order valence-electron chi connectivity index (χ2n) is 4.33. The van der Waals surface area contributed by atoms with Gasteiger partial charge in [-0.3, -0.25) is 24.5 Å². The van der Waals surface area contributed by atoms with E-state index < -0.39 is 21.9 Å². The molecule has 7 nitrogen and oxygen atoms in total. The number of nitrogens with zero attached hydrogens (tertiary/aromatic N) is 2. The van der Waals surface area contributed by atoms with Crippen LogP contribution in [0.1, 0.15) is 25.7 Å². The van der Waals surface area contributed by atoms with Gasteiger partial charge in [0, 0.05) is 6.54 Å². The normalized spacial score (nSPS) is 16.2. The molecular weight excluding hydrogens is 226 g/mol. The first-order chi connectivity index (χ1) is 8.08. The van der Waals surface area contributed by atoms with Gasteiger partial charge in [-0.1, -0.05) is 12.8 Å². The van der Waals surface area contributed by atoms with Crippen molar-refractivity contribution in [3.05, 3.63) is 37.1 Å². The minimum Gasteiger partial charge on any atom is -0.293 e. The van der Waals surface area contributed by atoms with Gasteiger partial charge in [0.05, 0.1) is 11.1 Å². The number of aromatic nitrogens is 2. The van der Waals surface area contributed by atoms with E-state index in [9.17, 15) is 19.7 Å². The van der Waals surface area contributed by atoms with Crippen LogP contribution in [0.15, 0.2) is 15.8 Å². The van der Waals surface area contributed by atoms with Crippen LogP contribution in [0.5, 0.6) is 0 Å². The summed E-state index contributed by atoms with van der Waals surface area (Å²) in [5.74, 6) is 0.373. The third kappa shape index (κ3) is 2.43. The predicted octanol–water partition coefficient (Wildman–Crippen LogP) is 0.635. The summed E-state index contributed by atoms with van der Waals surface area (Å²) in [6, 6.07) is 0. The lowest BCUT2D eigenvalue weighted by Gasteiger charge is -2.10. The van der Waals surface area contributed by atoms with Crippen LogP contribution in [0.4, 0.5) is 5.69 Å². The first-order valence-electron chi connectivity index (χ1n) is 5.56. The van der Waals surface area contributed by atoms with Crippen LogP contribution in [0.3, 0.4) is 0 Å². The first kappa shape index (κ1) is 11.6. The Morgan fingerprint density at radius 2 is 2.06 bits per heavy atom. The quantitative estimate of drug-likeness (QED) is 0.618. The van der Waals surface area contributed by atoms with E-state index in [2.05, 4.69) is 0 Å². The number of hydrogen-bond acceptors (Lipinski definition) is 4. The third-order valence-electron chi connectivity index (χ3n) is 3.12. The molecule has 1 saturated carbocycles. The summed E-state index contributed by atoms with van der Waals surface area (Å²) in [6.07, 6.45) is 5.36. The summed E-state index contributed by atoms with van der Waals surface area (Å²) >= 11 is 0. The highest BCUT2D eigenvalue weighted by molar-refractivity contribution is 5.20. The molecule has 0 aliphatic heterocycles.